The highest BCUT2D eigenvalue weighted by molar-refractivity contribution is 7.23. The zero-order valence-electron chi connectivity index (χ0n) is 25.5. The molecular formula is C33H31F4N7O2S. The number of hydrogen-bond acceptors (Lipinski definition) is 8. The summed E-state index contributed by atoms with van der Waals surface area (Å²) in [5.41, 5.74) is 5.71. The van der Waals surface area contributed by atoms with Crippen molar-refractivity contribution in [2.24, 2.45) is 0 Å². The van der Waals surface area contributed by atoms with Crippen LogP contribution < -0.4 is 15.4 Å². The molecule has 4 atom stereocenters. The van der Waals surface area contributed by atoms with E-state index in [4.69, 9.17) is 17.0 Å². The maximum atomic E-state index is 16.8. The molecule has 14 heteroatoms. The van der Waals surface area contributed by atoms with Crippen LogP contribution in [0.5, 0.6) is 6.01 Å². The van der Waals surface area contributed by atoms with Crippen LogP contribution in [0.3, 0.4) is 0 Å². The van der Waals surface area contributed by atoms with Crippen LogP contribution in [-0.2, 0) is 4.79 Å². The highest BCUT2D eigenvalue weighted by Crippen LogP contribution is 2.47. The minimum Gasteiger partial charge on any atom is -0.461 e. The molecule has 3 aliphatic rings. The van der Waals surface area contributed by atoms with E-state index in [0.29, 0.717) is 13.0 Å². The molecule has 0 bridgehead atoms. The predicted molar refractivity (Wildman–Crippen MR) is 173 cm³/mol. The Bertz CT molecular complexity index is 1980. The Kier molecular flexibility index (Phi) is 7.71. The lowest BCUT2D eigenvalue weighted by Crippen LogP contribution is -2.43. The Labute approximate surface area is 272 Å². The second-order valence-corrected chi connectivity index (χ2v) is 13.4. The summed E-state index contributed by atoms with van der Waals surface area (Å²) in [5, 5.41) is 0.568. The summed E-state index contributed by atoms with van der Waals surface area (Å²) < 4.78 is 67.7. The average Bonchev–Trinajstić information content (AvgIpc) is 3.80. The molecule has 47 heavy (non-hydrogen) atoms. The molecule has 2 aromatic heterocycles. The van der Waals surface area contributed by atoms with Crippen LogP contribution in [0.1, 0.15) is 19.3 Å². The summed E-state index contributed by atoms with van der Waals surface area (Å²) >= 11 is 0.915. The van der Waals surface area contributed by atoms with E-state index in [9.17, 15) is 13.6 Å². The van der Waals surface area contributed by atoms with Gasteiger partial charge in [0.2, 0.25) is 11.6 Å². The lowest BCUT2D eigenvalue weighted by molar-refractivity contribution is -0.125. The van der Waals surface area contributed by atoms with Crippen molar-refractivity contribution in [1.82, 2.24) is 19.8 Å². The van der Waals surface area contributed by atoms with Crippen molar-refractivity contribution in [3.8, 4) is 17.1 Å². The molecule has 0 radical (unpaired) electrons. The fourth-order valence-electron chi connectivity index (χ4n) is 7.40. The van der Waals surface area contributed by atoms with Gasteiger partial charge in [-0.2, -0.15) is 9.97 Å². The number of fused-ring (bicyclic) bond motifs is 3. The first kappa shape index (κ1) is 31.1. The van der Waals surface area contributed by atoms with Gasteiger partial charge in [0, 0.05) is 42.9 Å². The molecule has 3 aliphatic heterocycles. The molecule has 2 N–H and O–H groups in total. The number of likely N-dealkylation sites (tertiary alicyclic amines) is 1. The molecule has 5 heterocycles. The Morgan fingerprint density at radius 3 is 2.79 bits per heavy atom. The van der Waals surface area contributed by atoms with E-state index in [-0.39, 0.29) is 74.3 Å². The Morgan fingerprint density at radius 1 is 1.23 bits per heavy atom. The van der Waals surface area contributed by atoms with E-state index in [1.165, 1.54) is 23.1 Å². The number of nitrogen functional groups attached to an aromatic ring is 1. The summed E-state index contributed by atoms with van der Waals surface area (Å²) in [6.07, 6.45) is 0.643. The van der Waals surface area contributed by atoms with Gasteiger partial charge in [0.05, 0.1) is 34.4 Å². The second kappa shape index (κ2) is 11.6. The highest BCUT2D eigenvalue weighted by Gasteiger charge is 2.49. The van der Waals surface area contributed by atoms with Gasteiger partial charge in [-0.1, -0.05) is 18.7 Å². The molecule has 0 saturated carbocycles. The third-order valence-electron chi connectivity index (χ3n) is 9.73. The fourth-order valence-corrected chi connectivity index (χ4v) is 8.34. The first-order chi connectivity index (χ1) is 22.5. The van der Waals surface area contributed by atoms with Crippen LogP contribution in [0.4, 0.5) is 34.1 Å². The number of ether oxygens (including phenoxy) is 1. The zero-order chi connectivity index (χ0) is 33.2. The van der Waals surface area contributed by atoms with Crippen molar-refractivity contribution < 1.29 is 27.1 Å². The predicted octanol–water partition coefficient (Wildman–Crippen LogP) is 6.05. The van der Waals surface area contributed by atoms with Gasteiger partial charge in [-0.25, -0.2) is 22.4 Å². The number of anilines is 2. The van der Waals surface area contributed by atoms with Gasteiger partial charge in [0.1, 0.15) is 36.1 Å². The van der Waals surface area contributed by atoms with Gasteiger partial charge in [0.15, 0.2) is 5.82 Å². The molecule has 2 aromatic carbocycles. The maximum Gasteiger partial charge on any atom is 0.319 e. The molecule has 1 amide bonds. The first-order valence-electron chi connectivity index (χ1n) is 15.2. The Balaban J connectivity index is 1.35. The normalized spacial score (nSPS) is 24.2. The molecule has 3 fully saturated rings. The number of rotatable bonds is 7. The van der Waals surface area contributed by atoms with E-state index in [2.05, 4.69) is 26.3 Å². The van der Waals surface area contributed by atoms with E-state index in [0.717, 1.165) is 36.8 Å². The summed E-state index contributed by atoms with van der Waals surface area (Å²) in [7, 11) is 1.61. The van der Waals surface area contributed by atoms with Crippen LogP contribution in [0, 0.1) is 18.2 Å². The van der Waals surface area contributed by atoms with Crippen LogP contribution >= 0.6 is 11.3 Å². The van der Waals surface area contributed by atoms with E-state index in [1.807, 2.05) is 0 Å². The number of likely N-dealkylation sites (N-methyl/N-ethyl adjacent to an activating group) is 1. The van der Waals surface area contributed by atoms with Crippen LogP contribution in [0.25, 0.3) is 37.0 Å². The summed E-state index contributed by atoms with van der Waals surface area (Å²) in [6.45, 7) is 12.2. The third-order valence-corrected chi connectivity index (χ3v) is 10.7. The van der Waals surface area contributed by atoms with Crippen molar-refractivity contribution >= 4 is 54.7 Å². The van der Waals surface area contributed by atoms with Crippen molar-refractivity contribution in [3.63, 3.8) is 0 Å². The van der Waals surface area contributed by atoms with Crippen LogP contribution in [-0.4, -0.2) is 89.4 Å². The average molecular weight is 666 g/mol. The van der Waals surface area contributed by atoms with E-state index in [1.54, 1.807) is 18.0 Å². The van der Waals surface area contributed by atoms with Crippen molar-refractivity contribution in [2.45, 2.75) is 43.2 Å². The summed E-state index contributed by atoms with van der Waals surface area (Å²) in [4.78, 5) is 29.8. The van der Waals surface area contributed by atoms with Gasteiger partial charge in [0.25, 0.3) is 0 Å². The Morgan fingerprint density at radius 2 is 2.02 bits per heavy atom. The number of aromatic nitrogens is 2. The molecule has 9 nitrogen and oxygen atoms in total. The minimum atomic E-state index is -1.43. The lowest BCUT2D eigenvalue weighted by atomic mass is 9.95. The van der Waals surface area contributed by atoms with Crippen molar-refractivity contribution in [3.05, 3.63) is 60.0 Å². The Hall–Kier alpha value is -4.48. The number of carbonyl (C=O) groups is 1. The van der Waals surface area contributed by atoms with Crippen LogP contribution in [0.15, 0.2) is 36.9 Å². The summed E-state index contributed by atoms with van der Waals surface area (Å²) in [5.74, 6) is -1.59. The van der Waals surface area contributed by atoms with E-state index >= 15 is 8.78 Å². The highest BCUT2D eigenvalue weighted by atomic mass is 32.1. The smallest absolute Gasteiger partial charge is 0.319 e. The number of carbonyl (C=O) groups excluding carboxylic acids is 1. The van der Waals surface area contributed by atoms with Gasteiger partial charge >= 0.3 is 6.01 Å². The van der Waals surface area contributed by atoms with E-state index < -0.39 is 41.5 Å². The number of halogens is 4. The SMILES string of the molecule is [C-]#[N+]c1c(N)sc2c(F)ccc(-c3ccc4c(N(C)[C@H]5CN(C(=O)C=C)C[C@H]5F)nc(OC[C@@]56CCCN5C[C@H](F)C6)nc4c3F)c12. The largest absolute Gasteiger partial charge is 0.461 e. The molecule has 3 saturated heterocycles. The minimum absolute atomic E-state index is 0.0306. The number of nitrogens with zero attached hydrogens (tertiary/aromatic N) is 6. The number of benzene rings is 2. The molecule has 7 rings (SSSR count). The van der Waals surface area contributed by atoms with Gasteiger partial charge in [-0.15, -0.1) is 11.3 Å². The first-order valence-corrected chi connectivity index (χ1v) is 16.1. The topological polar surface area (TPSA) is 92.2 Å². The van der Waals surface area contributed by atoms with Crippen molar-refractivity contribution in [2.75, 3.05) is 50.5 Å². The molecule has 244 valence electrons. The molecule has 4 aromatic rings. The lowest BCUT2D eigenvalue weighted by Gasteiger charge is -2.31. The number of thiophene rings is 1. The quantitative estimate of drug-likeness (QED) is 0.146. The van der Waals surface area contributed by atoms with Crippen molar-refractivity contribution in [1.29, 1.82) is 0 Å². The molecule has 0 spiro atoms. The molecular weight excluding hydrogens is 634 g/mol. The van der Waals surface area contributed by atoms with Gasteiger partial charge in [-0.3, -0.25) is 9.69 Å². The number of amides is 1. The number of alkyl halides is 2. The third kappa shape index (κ3) is 5.03. The van der Waals surface area contributed by atoms with Crippen LogP contribution in [0.2, 0.25) is 0 Å². The monoisotopic (exact) mass is 665 g/mol. The fraction of sp³-hybridized carbons (Fsp3) is 0.394. The number of nitrogens with two attached hydrogens (primary N) is 1. The summed E-state index contributed by atoms with van der Waals surface area (Å²) in [6, 6.07) is 4.68. The molecule has 0 unspecified atom stereocenters. The number of hydrogen-bond donors (Lipinski definition) is 1. The maximum absolute atomic E-state index is 16.8. The zero-order valence-corrected chi connectivity index (χ0v) is 26.3. The molecule has 0 aliphatic carbocycles. The van der Waals surface area contributed by atoms with Gasteiger partial charge < -0.3 is 20.3 Å². The second-order valence-electron chi connectivity index (χ2n) is 12.4. The van der Waals surface area contributed by atoms with Gasteiger partial charge in [-0.05, 0) is 43.2 Å². The standard InChI is InChI=1S/C33H31F4N7O2S/c1-4-24(45)43-14-22(36)23(15-43)42(3)31-20-7-6-19(18-8-9-21(35)29-25(18)28(39-2)30(38)47-29)26(37)27(20)40-32(41-31)46-16-33-10-5-11-44(33)13-17(34)12-33/h4,6-9,17,22-23H,1,5,10-16,38H2,3H3/t17-,22-,23+,33+/m1/s1.